The van der Waals surface area contributed by atoms with Crippen molar-refractivity contribution in [3.63, 3.8) is 0 Å². The number of anilines is 2. The average molecular weight is 441 g/mol. The van der Waals surface area contributed by atoms with Crippen LogP contribution in [0.15, 0.2) is 47.4 Å². The third kappa shape index (κ3) is 5.26. The molecule has 2 heterocycles. The van der Waals surface area contributed by atoms with Crippen LogP contribution in [0.25, 0.3) is 17.0 Å². The number of hydrogen-bond acceptors (Lipinski definition) is 7. The molecule has 2 aromatic heterocycles. The van der Waals surface area contributed by atoms with Crippen LogP contribution in [0.2, 0.25) is 0 Å². The van der Waals surface area contributed by atoms with Gasteiger partial charge in [0.1, 0.15) is 5.75 Å². The maximum Gasteiger partial charge on any atom is 0.258 e. The number of aliphatic hydroxyl groups excluding tert-OH is 2. The van der Waals surface area contributed by atoms with E-state index in [-0.39, 0.29) is 19.1 Å². The Morgan fingerprint density at radius 2 is 2.23 bits per heavy atom. The van der Waals surface area contributed by atoms with Gasteiger partial charge in [-0.2, -0.15) is 0 Å². The number of ether oxygens (including phenoxy) is 1. The molecular formula is C22H24N4O4S. The van der Waals surface area contributed by atoms with Gasteiger partial charge in [-0.25, -0.2) is 0 Å². The molecule has 0 aliphatic rings. The summed E-state index contributed by atoms with van der Waals surface area (Å²) in [6, 6.07) is 7.32. The fourth-order valence-electron chi connectivity index (χ4n) is 2.90. The highest BCUT2D eigenvalue weighted by Crippen LogP contribution is 2.33. The number of amides is 1. The summed E-state index contributed by atoms with van der Waals surface area (Å²) in [5.41, 5.74) is 2.28. The van der Waals surface area contributed by atoms with E-state index in [1.54, 1.807) is 30.6 Å². The van der Waals surface area contributed by atoms with Gasteiger partial charge in [0.25, 0.3) is 5.91 Å². The smallest absolute Gasteiger partial charge is 0.258 e. The minimum atomic E-state index is -0.935. The number of aliphatic hydroxyl groups is 2. The van der Waals surface area contributed by atoms with E-state index in [9.17, 15) is 9.90 Å². The number of hydrogen-bond donors (Lipinski definition) is 4. The van der Waals surface area contributed by atoms with Crippen molar-refractivity contribution in [2.24, 2.45) is 4.99 Å². The number of amidine groups is 1. The van der Waals surface area contributed by atoms with Crippen LogP contribution in [0.1, 0.15) is 22.2 Å². The van der Waals surface area contributed by atoms with Gasteiger partial charge in [0, 0.05) is 23.0 Å². The van der Waals surface area contributed by atoms with Gasteiger partial charge in [0.15, 0.2) is 0 Å². The van der Waals surface area contributed by atoms with Crippen LogP contribution >= 0.6 is 11.3 Å². The van der Waals surface area contributed by atoms with Crippen molar-refractivity contribution in [2.75, 3.05) is 30.9 Å². The Bertz CT molecular complexity index is 1130. The zero-order valence-electron chi connectivity index (χ0n) is 17.3. The van der Waals surface area contributed by atoms with E-state index in [1.165, 1.54) is 18.4 Å². The highest BCUT2D eigenvalue weighted by atomic mass is 32.1. The van der Waals surface area contributed by atoms with Gasteiger partial charge in [-0.1, -0.05) is 18.7 Å². The molecule has 0 aliphatic carbocycles. The van der Waals surface area contributed by atoms with Gasteiger partial charge in [0.05, 0.1) is 59.5 Å². The average Bonchev–Trinajstić information content (AvgIpc) is 3.19. The summed E-state index contributed by atoms with van der Waals surface area (Å²) in [6.07, 6.45) is 2.42. The predicted octanol–water partition coefficient (Wildman–Crippen LogP) is 3.38. The van der Waals surface area contributed by atoms with Crippen molar-refractivity contribution in [1.29, 1.82) is 0 Å². The Morgan fingerprint density at radius 1 is 1.42 bits per heavy atom. The lowest BCUT2D eigenvalue weighted by Crippen LogP contribution is -2.19. The van der Waals surface area contributed by atoms with Crippen molar-refractivity contribution in [3.8, 4) is 5.75 Å². The molecule has 0 bridgehead atoms. The number of carbonyl (C=O) groups excluding carboxylic acids is 1. The Kier molecular flexibility index (Phi) is 7.35. The first-order valence-electron chi connectivity index (χ1n) is 9.51. The van der Waals surface area contributed by atoms with Crippen molar-refractivity contribution in [1.82, 2.24) is 4.98 Å². The number of nitrogens with one attached hydrogen (secondary N) is 2. The van der Waals surface area contributed by atoms with Gasteiger partial charge in [-0.15, -0.1) is 11.3 Å². The molecule has 3 aromatic rings. The third-order valence-electron chi connectivity index (χ3n) is 4.48. The van der Waals surface area contributed by atoms with Gasteiger partial charge in [-0.3, -0.25) is 14.8 Å². The second-order valence-corrected chi connectivity index (χ2v) is 7.59. The standard InChI is InChI=1S/C22H24N4O4S/c1-4-20-21(25-13(2)24-10-15(28)11-27)16(12-31-20)22(29)26-18-8-14-6-5-7-23-17(14)9-19(18)30-3/h4-9,12,15,27-28H,1,10-11H2,2-3H3,(H,24,25)(H,26,29). The fraction of sp³-hybridized carbons (Fsp3) is 0.227. The van der Waals surface area contributed by atoms with E-state index in [0.717, 1.165) is 15.8 Å². The number of carbonyl (C=O) groups is 1. The molecule has 31 heavy (non-hydrogen) atoms. The number of benzene rings is 1. The van der Waals surface area contributed by atoms with Crippen molar-refractivity contribution in [3.05, 3.63) is 52.9 Å². The molecule has 0 fully saturated rings. The quantitative estimate of drug-likeness (QED) is 0.315. The molecule has 0 aliphatic heterocycles. The first kappa shape index (κ1) is 22.4. The second-order valence-electron chi connectivity index (χ2n) is 6.68. The summed E-state index contributed by atoms with van der Waals surface area (Å²) in [6.45, 7) is 5.20. The number of thiophene rings is 1. The van der Waals surface area contributed by atoms with Gasteiger partial charge in [0.2, 0.25) is 0 Å². The zero-order valence-corrected chi connectivity index (χ0v) is 18.1. The number of fused-ring (bicyclic) bond motifs is 1. The minimum Gasteiger partial charge on any atom is -0.494 e. The number of aromatic nitrogens is 1. The lowest BCUT2D eigenvalue weighted by Gasteiger charge is -2.13. The molecule has 162 valence electrons. The van der Waals surface area contributed by atoms with E-state index in [4.69, 9.17) is 9.84 Å². The van der Waals surface area contributed by atoms with Crippen molar-refractivity contribution >= 4 is 51.4 Å². The fourth-order valence-corrected chi connectivity index (χ4v) is 3.74. The van der Waals surface area contributed by atoms with Crippen LogP contribution in [0.4, 0.5) is 11.4 Å². The third-order valence-corrected chi connectivity index (χ3v) is 5.46. The number of rotatable bonds is 8. The number of nitrogens with zero attached hydrogens (tertiary/aromatic N) is 2. The molecule has 0 radical (unpaired) electrons. The zero-order chi connectivity index (χ0) is 22.4. The largest absolute Gasteiger partial charge is 0.494 e. The molecule has 9 heteroatoms. The lowest BCUT2D eigenvalue weighted by atomic mass is 10.1. The minimum absolute atomic E-state index is 0.0484. The molecule has 1 amide bonds. The summed E-state index contributed by atoms with van der Waals surface area (Å²) in [7, 11) is 1.54. The van der Waals surface area contributed by atoms with Crippen LogP contribution in [0, 0.1) is 0 Å². The molecule has 1 atom stereocenters. The Balaban J connectivity index is 1.88. The maximum absolute atomic E-state index is 13.1. The van der Waals surface area contributed by atoms with E-state index < -0.39 is 6.10 Å². The molecule has 0 saturated carbocycles. The summed E-state index contributed by atoms with van der Waals surface area (Å²) < 4.78 is 5.43. The Labute approximate surface area is 183 Å². The van der Waals surface area contributed by atoms with Gasteiger partial charge < -0.3 is 25.6 Å². The van der Waals surface area contributed by atoms with E-state index in [2.05, 4.69) is 27.2 Å². The molecular weight excluding hydrogens is 416 g/mol. The second kappa shape index (κ2) is 10.2. The number of methoxy groups -OCH3 is 1. The predicted molar refractivity (Wildman–Crippen MR) is 125 cm³/mol. The van der Waals surface area contributed by atoms with Gasteiger partial charge in [-0.05, 0) is 19.1 Å². The normalized spacial score (nSPS) is 12.5. The molecule has 1 unspecified atom stereocenters. The highest BCUT2D eigenvalue weighted by molar-refractivity contribution is 7.12. The summed E-state index contributed by atoms with van der Waals surface area (Å²) in [4.78, 5) is 22.4. The van der Waals surface area contributed by atoms with Crippen LogP contribution in [0.5, 0.6) is 5.75 Å². The first-order chi connectivity index (χ1) is 15.0. The molecule has 4 N–H and O–H groups in total. The highest BCUT2D eigenvalue weighted by Gasteiger charge is 2.19. The van der Waals surface area contributed by atoms with E-state index >= 15 is 0 Å². The first-order valence-corrected chi connectivity index (χ1v) is 10.4. The van der Waals surface area contributed by atoms with Crippen molar-refractivity contribution in [2.45, 2.75) is 13.0 Å². The maximum atomic E-state index is 13.1. The number of pyridine rings is 1. The summed E-state index contributed by atoms with van der Waals surface area (Å²) in [5.74, 6) is 0.679. The SMILES string of the molecule is C=Cc1scc(C(=O)Nc2cc3cccnc3cc2OC)c1NC(C)=NCC(O)CO. The monoisotopic (exact) mass is 440 g/mol. The van der Waals surface area contributed by atoms with Crippen LogP contribution in [-0.2, 0) is 0 Å². The molecule has 8 nitrogen and oxygen atoms in total. The van der Waals surface area contributed by atoms with Crippen LogP contribution in [-0.4, -0.2) is 53.3 Å². The molecule has 0 spiro atoms. The number of aliphatic imine (C=N–C) groups is 1. The summed E-state index contributed by atoms with van der Waals surface area (Å²) in [5, 5.41) is 27.0. The van der Waals surface area contributed by atoms with Crippen LogP contribution < -0.4 is 15.4 Å². The Morgan fingerprint density at radius 3 is 2.94 bits per heavy atom. The summed E-state index contributed by atoms with van der Waals surface area (Å²) >= 11 is 1.37. The van der Waals surface area contributed by atoms with Crippen molar-refractivity contribution < 1.29 is 19.7 Å². The molecule has 0 saturated heterocycles. The van der Waals surface area contributed by atoms with E-state index in [0.29, 0.717) is 28.5 Å². The topological polar surface area (TPSA) is 116 Å². The van der Waals surface area contributed by atoms with Crippen LogP contribution in [0.3, 0.4) is 0 Å². The molecule has 1 aromatic carbocycles. The van der Waals surface area contributed by atoms with Gasteiger partial charge >= 0.3 is 0 Å². The molecule has 3 rings (SSSR count). The Hall–Kier alpha value is -3.27. The van der Waals surface area contributed by atoms with E-state index in [1.807, 2.05) is 18.2 Å². The lowest BCUT2D eigenvalue weighted by molar-refractivity contribution is 0.102.